The van der Waals surface area contributed by atoms with Crippen molar-refractivity contribution in [2.75, 3.05) is 5.32 Å². The minimum atomic E-state index is -0.563. The van der Waals surface area contributed by atoms with E-state index in [2.05, 4.69) is 20.5 Å². The van der Waals surface area contributed by atoms with Gasteiger partial charge in [0.15, 0.2) is 0 Å². The lowest BCUT2D eigenvalue weighted by Crippen LogP contribution is -2.24. The lowest BCUT2D eigenvalue weighted by Gasteiger charge is -2.04. The average molecular weight is 350 g/mol. The van der Waals surface area contributed by atoms with Crippen molar-refractivity contribution in [2.24, 2.45) is 0 Å². The maximum atomic E-state index is 12.4. The minimum absolute atomic E-state index is 0.290. The van der Waals surface area contributed by atoms with E-state index in [0.717, 1.165) is 10.1 Å². The van der Waals surface area contributed by atoms with Crippen LogP contribution in [-0.4, -0.2) is 30.1 Å². The summed E-state index contributed by atoms with van der Waals surface area (Å²) in [6.07, 6.45) is 3.55. The van der Waals surface area contributed by atoms with Crippen molar-refractivity contribution in [3.63, 3.8) is 0 Å². The number of imidazole rings is 1. The van der Waals surface area contributed by atoms with Crippen LogP contribution in [0, 0.1) is 6.92 Å². The first kappa shape index (κ1) is 15.6. The number of hydrogen-bond donors (Lipinski definition) is 3. The molecule has 0 aliphatic carbocycles. The van der Waals surface area contributed by atoms with Crippen LogP contribution in [0.3, 0.4) is 0 Å². The number of carbonyl (C=O) groups excluding carboxylic acids is 1. The topological polar surface area (TPSA) is 117 Å². The number of H-pyrrole nitrogens is 2. The predicted octanol–water partition coefficient (Wildman–Crippen LogP) is 1.06. The van der Waals surface area contributed by atoms with Gasteiger partial charge in [-0.3, -0.25) is 4.79 Å². The number of rotatable bonds is 3. The molecule has 0 saturated heterocycles. The van der Waals surface area contributed by atoms with Crippen LogP contribution in [0.25, 0.3) is 11.3 Å². The number of aromatic nitrogens is 5. The highest BCUT2D eigenvalue weighted by Crippen LogP contribution is 2.13. The molecule has 0 aliphatic heterocycles. The van der Waals surface area contributed by atoms with Gasteiger partial charge in [0.1, 0.15) is 11.3 Å². The summed E-state index contributed by atoms with van der Waals surface area (Å²) in [4.78, 5) is 39.9. The molecule has 130 valence electrons. The molecule has 0 fully saturated rings. The number of aromatic amines is 2. The van der Waals surface area contributed by atoms with E-state index >= 15 is 0 Å². The number of hydrogen-bond acceptors (Lipinski definition) is 4. The number of carbonyl (C=O) groups is 1. The predicted molar refractivity (Wildman–Crippen MR) is 94.9 cm³/mol. The van der Waals surface area contributed by atoms with Crippen molar-refractivity contribution in [1.82, 2.24) is 24.1 Å². The fourth-order valence-electron chi connectivity index (χ4n) is 2.65. The maximum absolute atomic E-state index is 12.4. The van der Waals surface area contributed by atoms with E-state index in [1.807, 2.05) is 25.3 Å². The number of aryl methyl sites for hydroxylation is 1. The fourth-order valence-corrected chi connectivity index (χ4v) is 2.65. The number of pyridine rings is 1. The first-order chi connectivity index (χ1) is 12.5. The van der Waals surface area contributed by atoms with Crippen LogP contribution in [-0.2, 0) is 0 Å². The van der Waals surface area contributed by atoms with Gasteiger partial charge in [0.2, 0.25) is 0 Å². The molecule has 9 heteroatoms. The molecule has 1 aromatic carbocycles. The van der Waals surface area contributed by atoms with Gasteiger partial charge in [-0.25, -0.2) is 29.3 Å². The highest BCUT2D eigenvalue weighted by molar-refractivity contribution is 6.03. The third-order valence-corrected chi connectivity index (χ3v) is 3.90. The van der Waals surface area contributed by atoms with E-state index in [1.54, 1.807) is 34.9 Å². The number of nitrogens with one attached hydrogen (secondary N) is 3. The molecule has 1 amide bonds. The number of fused-ring (bicyclic) bond motifs is 1. The molecule has 3 aromatic heterocycles. The summed E-state index contributed by atoms with van der Waals surface area (Å²) < 4.78 is 2.74. The summed E-state index contributed by atoms with van der Waals surface area (Å²) in [7, 11) is 0. The lowest BCUT2D eigenvalue weighted by atomic mass is 10.2. The molecule has 9 nitrogen and oxygen atoms in total. The van der Waals surface area contributed by atoms with Crippen molar-refractivity contribution in [1.29, 1.82) is 0 Å². The average Bonchev–Trinajstić information content (AvgIpc) is 3.19. The van der Waals surface area contributed by atoms with E-state index in [4.69, 9.17) is 0 Å². The molecule has 4 aromatic rings. The number of benzene rings is 1. The first-order valence-electron chi connectivity index (χ1n) is 7.78. The summed E-state index contributed by atoms with van der Waals surface area (Å²) >= 11 is 0. The number of anilines is 1. The van der Waals surface area contributed by atoms with Crippen LogP contribution < -0.4 is 16.7 Å². The zero-order valence-corrected chi connectivity index (χ0v) is 13.7. The van der Waals surface area contributed by atoms with Crippen molar-refractivity contribution in [3.8, 4) is 5.69 Å². The SMILES string of the molecule is Cc1ccc2nc(C(=O)Nc3ccc(-n4c(=O)[nH][nH]c4=O)cc3)cn2c1. The van der Waals surface area contributed by atoms with Crippen molar-refractivity contribution < 1.29 is 4.79 Å². The van der Waals surface area contributed by atoms with E-state index in [9.17, 15) is 14.4 Å². The molecule has 0 atom stereocenters. The molecule has 0 spiro atoms. The van der Waals surface area contributed by atoms with E-state index in [1.165, 1.54) is 0 Å². The molecule has 26 heavy (non-hydrogen) atoms. The van der Waals surface area contributed by atoms with Crippen LogP contribution >= 0.6 is 0 Å². The first-order valence-corrected chi connectivity index (χ1v) is 7.78. The quantitative estimate of drug-likeness (QED) is 0.512. The second kappa shape index (κ2) is 5.88. The van der Waals surface area contributed by atoms with Gasteiger partial charge < -0.3 is 9.72 Å². The third-order valence-electron chi connectivity index (χ3n) is 3.90. The van der Waals surface area contributed by atoms with Gasteiger partial charge in [0.25, 0.3) is 5.91 Å². The third kappa shape index (κ3) is 2.71. The highest BCUT2D eigenvalue weighted by Gasteiger charge is 2.12. The van der Waals surface area contributed by atoms with Gasteiger partial charge in [-0.2, -0.15) is 0 Å². The lowest BCUT2D eigenvalue weighted by molar-refractivity contribution is 0.102. The zero-order valence-electron chi connectivity index (χ0n) is 13.7. The molecule has 3 heterocycles. The molecule has 0 aliphatic rings. The van der Waals surface area contributed by atoms with Gasteiger partial charge in [-0.05, 0) is 42.8 Å². The smallest absolute Gasteiger partial charge is 0.321 e. The van der Waals surface area contributed by atoms with Gasteiger partial charge in [0, 0.05) is 18.1 Å². The molecule has 0 unspecified atom stereocenters. The van der Waals surface area contributed by atoms with Crippen LogP contribution in [0.2, 0.25) is 0 Å². The Morgan fingerprint density at radius 3 is 2.38 bits per heavy atom. The van der Waals surface area contributed by atoms with Crippen LogP contribution in [0.5, 0.6) is 0 Å². The summed E-state index contributed by atoms with van der Waals surface area (Å²) in [6, 6.07) is 10.1. The fraction of sp³-hybridized carbons (Fsp3) is 0.0588. The van der Waals surface area contributed by atoms with Gasteiger partial charge in [-0.1, -0.05) is 6.07 Å². The molecule has 4 rings (SSSR count). The number of amides is 1. The van der Waals surface area contributed by atoms with E-state index < -0.39 is 11.4 Å². The minimum Gasteiger partial charge on any atom is -0.321 e. The molecule has 3 N–H and O–H groups in total. The largest absolute Gasteiger partial charge is 0.348 e. The second-order valence-corrected chi connectivity index (χ2v) is 5.79. The Balaban J connectivity index is 1.57. The summed E-state index contributed by atoms with van der Waals surface area (Å²) in [5.41, 5.74) is 1.82. The molecule has 0 saturated carbocycles. The Morgan fingerprint density at radius 1 is 1.00 bits per heavy atom. The second-order valence-electron chi connectivity index (χ2n) is 5.79. The van der Waals surface area contributed by atoms with Gasteiger partial charge >= 0.3 is 11.4 Å². The number of nitrogens with zero attached hydrogens (tertiary/aromatic N) is 3. The maximum Gasteiger partial charge on any atom is 0.348 e. The highest BCUT2D eigenvalue weighted by atomic mass is 16.2. The van der Waals surface area contributed by atoms with Gasteiger partial charge in [0.05, 0.1) is 5.69 Å². The standard InChI is InChI=1S/C17H14N6O3/c1-10-2-7-14-19-13(9-22(14)8-10)15(24)18-11-3-5-12(6-4-11)23-16(25)20-21-17(23)26/h2-9H,1H3,(H,18,24)(H,20,25)(H,21,26). The van der Waals surface area contributed by atoms with Crippen molar-refractivity contribution >= 4 is 17.2 Å². The van der Waals surface area contributed by atoms with Gasteiger partial charge in [-0.15, -0.1) is 0 Å². The zero-order chi connectivity index (χ0) is 18.3. The molecular formula is C17H14N6O3. The molecule has 0 bridgehead atoms. The Kier molecular flexibility index (Phi) is 3.54. The summed E-state index contributed by atoms with van der Waals surface area (Å²) in [5, 5.41) is 7.16. The van der Waals surface area contributed by atoms with E-state index in [-0.39, 0.29) is 11.6 Å². The Labute approximate surface area is 145 Å². The van der Waals surface area contributed by atoms with Crippen LogP contribution in [0.15, 0.2) is 58.4 Å². The Hall–Kier alpha value is -3.88. The van der Waals surface area contributed by atoms with Crippen LogP contribution in [0.1, 0.15) is 16.1 Å². The van der Waals surface area contributed by atoms with E-state index in [0.29, 0.717) is 17.0 Å². The Bertz CT molecular complexity index is 1200. The van der Waals surface area contributed by atoms with Crippen LogP contribution in [0.4, 0.5) is 5.69 Å². The normalized spacial score (nSPS) is 11.0. The summed E-state index contributed by atoms with van der Waals surface area (Å²) in [5.74, 6) is -0.351. The Morgan fingerprint density at radius 2 is 1.69 bits per heavy atom. The molecule has 0 radical (unpaired) electrons. The molecular weight excluding hydrogens is 336 g/mol. The monoisotopic (exact) mass is 350 g/mol. The summed E-state index contributed by atoms with van der Waals surface area (Å²) in [6.45, 7) is 1.96. The van der Waals surface area contributed by atoms with Crippen molar-refractivity contribution in [2.45, 2.75) is 6.92 Å². The van der Waals surface area contributed by atoms with Crippen molar-refractivity contribution in [3.05, 3.63) is 81.0 Å².